The summed E-state index contributed by atoms with van der Waals surface area (Å²) >= 11 is 0. The third-order valence-electron chi connectivity index (χ3n) is 7.87. The number of aryl methyl sites for hydroxylation is 1. The molecule has 15 heteroatoms. The lowest BCUT2D eigenvalue weighted by Gasteiger charge is -2.44. The highest BCUT2D eigenvalue weighted by Crippen LogP contribution is 2.47. The van der Waals surface area contributed by atoms with Crippen molar-refractivity contribution in [3.8, 4) is 5.75 Å². The molecule has 9 atom stereocenters. The van der Waals surface area contributed by atoms with Crippen LogP contribution in [0.3, 0.4) is 0 Å². The van der Waals surface area contributed by atoms with E-state index in [-0.39, 0.29) is 24.2 Å². The van der Waals surface area contributed by atoms with Crippen LogP contribution in [0.1, 0.15) is 30.7 Å². The van der Waals surface area contributed by atoms with Gasteiger partial charge in [-0.2, -0.15) is 0 Å². The van der Waals surface area contributed by atoms with E-state index in [1.165, 1.54) is 0 Å². The Morgan fingerprint density at radius 3 is 2.59 bits per heavy atom. The molecule has 7 N–H and O–H groups in total. The molecule has 1 unspecified atom stereocenters. The Morgan fingerprint density at radius 2 is 1.93 bits per heavy atom. The van der Waals surface area contributed by atoms with Crippen molar-refractivity contribution in [3.63, 3.8) is 0 Å². The second-order valence-corrected chi connectivity index (χ2v) is 15.3. The molecule has 0 spiro atoms. The van der Waals surface area contributed by atoms with Gasteiger partial charge < -0.3 is 49.9 Å². The maximum Gasteiger partial charge on any atom is 0.256 e. The van der Waals surface area contributed by atoms with Crippen molar-refractivity contribution in [1.82, 2.24) is 15.0 Å². The lowest BCUT2D eigenvalue weighted by Crippen LogP contribution is -2.60. The van der Waals surface area contributed by atoms with Crippen LogP contribution in [0.5, 0.6) is 5.75 Å². The van der Waals surface area contributed by atoms with Gasteiger partial charge in [-0.25, -0.2) is 0 Å². The first-order valence-electron chi connectivity index (χ1n) is 13.6. The zero-order valence-electron chi connectivity index (χ0n) is 23.5. The highest BCUT2D eigenvalue weighted by molar-refractivity contribution is 6.71. The third kappa shape index (κ3) is 6.79. The first-order valence-corrected chi connectivity index (χ1v) is 16.6. The average molecular weight is 597 g/mol. The SMILES string of the molecule is CO[C@H]1c2cc(NC(=O)[C@H]3O[C@@H](O)[C@H](O)[C@@H](O)[C@@H]3O)ccc2O[C@@H](C(CCn2cc(CCO)nn2)[Si](C)(C)O)[C@@H]1C. The van der Waals surface area contributed by atoms with E-state index in [4.69, 9.17) is 19.3 Å². The molecule has 41 heavy (non-hydrogen) atoms. The molecule has 2 aliphatic heterocycles. The molecule has 0 saturated carbocycles. The van der Waals surface area contributed by atoms with Crippen LogP contribution < -0.4 is 10.1 Å². The molecule has 1 aromatic carbocycles. The number of benzene rings is 1. The highest BCUT2D eigenvalue weighted by Gasteiger charge is 2.47. The van der Waals surface area contributed by atoms with Gasteiger partial charge in [-0.05, 0) is 37.7 Å². The fourth-order valence-electron chi connectivity index (χ4n) is 5.61. The molecule has 2 aliphatic rings. The number of anilines is 1. The minimum absolute atomic E-state index is 0.0127. The highest BCUT2D eigenvalue weighted by atomic mass is 28.4. The van der Waals surface area contributed by atoms with Crippen molar-refractivity contribution in [3.05, 3.63) is 35.7 Å². The average Bonchev–Trinajstić information content (AvgIpc) is 3.36. The summed E-state index contributed by atoms with van der Waals surface area (Å²) < 4.78 is 19.1. The van der Waals surface area contributed by atoms with E-state index < -0.39 is 51.0 Å². The molecule has 0 aliphatic carbocycles. The molecular formula is C26H40N4O10Si. The summed E-state index contributed by atoms with van der Waals surface area (Å²) in [6.07, 6.45) is -6.72. The van der Waals surface area contributed by atoms with Crippen LogP contribution in [0.4, 0.5) is 5.69 Å². The Bertz CT molecular complexity index is 1190. The zero-order valence-corrected chi connectivity index (χ0v) is 24.5. The largest absolute Gasteiger partial charge is 0.490 e. The summed E-state index contributed by atoms with van der Waals surface area (Å²) in [6, 6.07) is 4.96. The fraction of sp³-hybridized carbons (Fsp3) is 0.654. The van der Waals surface area contributed by atoms with Crippen LogP contribution in [-0.2, 0) is 27.2 Å². The topological polar surface area (TPSA) is 209 Å². The van der Waals surface area contributed by atoms with Gasteiger partial charge >= 0.3 is 0 Å². The molecule has 228 valence electrons. The van der Waals surface area contributed by atoms with Crippen LogP contribution in [-0.4, -0.2) is 110 Å². The minimum atomic E-state index is -2.75. The number of carbonyl (C=O) groups is 1. The van der Waals surface area contributed by atoms with E-state index in [1.54, 1.807) is 36.2 Å². The molecule has 1 aromatic heterocycles. The van der Waals surface area contributed by atoms with Gasteiger partial charge in [0.25, 0.3) is 5.91 Å². The van der Waals surface area contributed by atoms with Gasteiger partial charge in [-0.15, -0.1) is 5.10 Å². The van der Waals surface area contributed by atoms with Crippen LogP contribution in [0.25, 0.3) is 0 Å². The van der Waals surface area contributed by atoms with Crippen molar-refractivity contribution < 1.29 is 49.3 Å². The van der Waals surface area contributed by atoms with Gasteiger partial charge in [0, 0.05) is 55.6 Å². The number of rotatable bonds is 10. The Balaban J connectivity index is 1.52. The van der Waals surface area contributed by atoms with Crippen LogP contribution in [0.2, 0.25) is 18.6 Å². The lowest BCUT2D eigenvalue weighted by atomic mass is 9.86. The number of nitrogens with zero attached hydrogens (tertiary/aromatic N) is 3. The van der Waals surface area contributed by atoms with E-state index >= 15 is 0 Å². The second-order valence-electron chi connectivity index (χ2n) is 11.3. The zero-order chi connectivity index (χ0) is 30.1. The van der Waals surface area contributed by atoms with Crippen molar-refractivity contribution in [2.45, 2.75) is 87.9 Å². The number of fused-ring (bicyclic) bond motifs is 1. The van der Waals surface area contributed by atoms with E-state index in [2.05, 4.69) is 15.6 Å². The van der Waals surface area contributed by atoms with Gasteiger partial charge in [0.2, 0.25) is 0 Å². The first kappa shape index (κ1) is 31.5. The number of hydrogen-bond acceptors (Lipinski definition) is 12. The quantitative estimate of drug-likeness (QED) is 0.170. The predicted octanol–water partition coefficient (Wildman–Crippen LogP) is -0.706. The summed E-state index contributed by atoms with van der Waals surface area (Å²) in [6.45, 7) is 6.22. The smallest absolute Gasteiger partial charge is 0.256 e. The minimum Gasteiger partial charge on any atom is -0.490 e. The maximum atomic E-state index is 12.8. The molecule has 1 fully saturated rings. The van der Waals surface area contributed by atoms with Gasteiger partial charge in [-0.3, -0.25) is 9.48 Å². The number of nitrogens with one attached hydrogen (secondary N) is 1. The summed E-state index contributed by atoms with van der Waals surface area (Å²) in [4.78, 5) is 24.1. The van der Waals surface area contributed by atoms with E-state index in [0.717, 1.165) is 0 Å². The molecule has 14 nitrogen and oxygen atoms in total. The van der Waals surface area contributed by atoms with Crippen molar-refractivity contribution in [2.75, 3.05) is 19.0 Å². The molecule has 2 aromatic rings. The summed E-state index contributed by atoms with van der Waals surface area (Å²) in [5.41, 5.74) is 1.52. The van der Waals surface area contributed by atoms with Crippen LogP contribution in [0.15, 0.2) is 24.4 Å². The molecule has 1 saturated heterocycles. The summed E-state index contributed by atoms with van der Waals surface area (Å²) in [7, 11) is -1.17. The lowest BCUT2D eigenvalue weighted by molar-refractivity contribution is -0.274. The number of aliphatic hydroxyl groups is 5. The Hall–Kier alpha value is -2.47. The van der Waals surface area contributed by atoms with Gasteiger partial charge in [0.15, 0.2) is 20.7 Å². The van der Waals surface area contributed by atoms with Crippen molar-refractivity contribution in [2.24, 2.45) is 5.92 Å². The number of amides is 1. The van der Waals surface area contributed by atoms with Crippen molar-refractivity contribution in [1.29, 1.82) is 0 Å². The third-order valence-corrected chi connectivity index (χ3v) is 10.3. The molecular weight excluding hydrogens is 556 g/mol. The van der Waals surface area contributed by atoms with Crippen LogP contribution >= 0.6 is 0 Å². The normalized spacial score (nSPS) is 30.8. The van der Waals surface area contributed by atoms with Gasteiger partial charge in [0.05, 0.1) is 11.8 Å². The second kappa shape index (κ2) is 12.8. The van der Waals surface area contributed by atoms with E-state index in [1.807, 2.05) is 20.0 Å². The Kier molecular flexibility index (Phi) is 9.83. The standard InChI is InChI=1S/C26H40N4O10Si/c1-13-22(38-2)16-11-14(27-25(35)24-20(33)19(32)21(34)26(36)40-24)5-6-17(16)39-23(13)18(41(3,4)37)7-9-30-12-15(8-10-31)28-29-30/h5-6,11-13,18-24,26,31-34,36-37H,7-10H2,1-4H3,(H,27,35)/t13-,18?,19+,20+,21-,22-,23-,24+,26-/m1/s1. The first-order chi connectivity index (χ1) is 19.3. The van der Waals surface area contributed by atoms with Crippen molar-refractivity contribution >= 4 is 19.9 Å². The number of ether oxygens (including phenoxy) is 3. The number of carbonyl (C=O) groups excluding carboxylic acids is 1. The summed E-state index contributed by atoms with van der Waals surface area (Å²) in [5, 5.41) is 59.5. The molecule has 0 bridgehead atoms. The molecule has 3 heterocycles. The Labute approximate surface area is 238 Å². The number of aromatic nitrogens is 3. The van der Waals surface area contributed by atoms with Gasteiger partial charge in [0.1, 0.15) is 30.2 Å². The summed E-state index contributed by atoms with van der Waals surface area (Å²) in [5.74, 6) is -0.462. The van der Waals surface area contributed by atoms with E-state index in [9.17, 15) is 30.0 Å². The van der Waals surface area contributed by atoms with Crippen LogP contribution in [0, 0.1) is 5.92 Å². The number of methoxy groups -OCH3 is 1. The fourth-order valence-corrected chi connectivity index (χ4v) is 7.63. The maximum absolute atomic E-state index is 12.8. The number of hydrogen-bond donors (Lipinski definition) is 7. The predicted molar refractivity (Wildman–Crippen MR) is 146 cm³/mol. The number of aliphatic hydroxyl groups excluding tert-OH is 5. The Morgan fingerprint density at radius 1 is 1.20 bits per heavy atom. The molecule has 4 rings (SSSR count). The molecule has 1 amide bonds. The van der Waals surface area contributed by atoms with Gasteiger partial charge in [-0.1, -0.05) is 12.1 Å². The molecule has 0 radical (unpaired) electrons. The monoisotopic (exact) mass is 596 g/mol. The van der Waals surface area contributed by atoms with E-state index in [0.29, 0.717) is 42.1 Å².